The Labute approximate surface area is 127 Å². The van der Waals surface area contributed by atoms with Crippen LogP contribution in [0.5, 0.6) is 0 Å². The summed E-state index contributed by atoms with van der Waals surface area (Å²) in [4.78, 5) is 1.51. The average molecular weight is 333 g/mol. The maximum atomic E-state index is 13.2. The van der Waals surface area contributed by atoms with Gasteiger partial charge >= 0.3 is 6.18 Å². The minimum atomic E-state index is -4.43. The van der Waals surface area contributed by atoms with Crippen LogP contribution in [0.1, 0.15) is 17.8 Å². The first-order valence-corrected chi connectivity index (χ1v) is 6.80. The summed E-state index contributed by atoms with van der Waals surface area (Å²) < 4.78 is 65.3. The fourth-order valence-electron chi connectivity index (χ4n) is 2.44. The molecule has 10 heteroatoms. The molecular weight excluding hydrogens is 321 g/mol. The quantitative estimate of drug-likeness (QED) is 0.810. The summed E-state index contributed by atoms with van der Waals surface area (Å²) >= 11 is 0. The normalized spacial score (nSPS) is 18.5. The summed E-state index contributed by atoms with van der Waals surface area (Å²) in [6.07, 6.45) is -4.65. The summed E-state index contributed by atoms with van der Waals surface area (Å²) in [5, 5.41) is 11.0. The van der Waals surface area contributed by atoms with Crippen LogP contribution in [0, 0.1) is 0 Å². The van der Waals surface area contributed by atoms with E-state index < -0.39 is 17.7 Å². The largest absolute Gasteiger partial charge is 0.416 e. The van der Waals surface area contributed by atoms with Gasteiger partial charge in [-0.25, -0.2) is 8.78 Å². The summed E-state index contributed by atoms with van der Waals surface area (Å²) in [6, 6.07) is 4.32. The molecule has 0 N–H and O–H groups in total. The van der Waals surface area contributed by atoms with E-state index >= 15 is 0 Å². The first-order chi connectivity index (χ1) is 10.7. The minimum absolute atomic E-state index is 0.101. The molecule has 1 aliphatic rings. The van der Waals surface area contributed by atoms with Crippen LogP contribution >= 0.6 is 0 Å². The Morgan fingerprint density at radius 3 is 2.39 bits per heavy atom. The van der Waals surface area contributed by atoms with Crippen LogP contribution in [-0.4, -0.2) is 44.1 Å². The fourth-order valence-corrected chi connectivity index (χ4v) is 2.44. The van der Waals surface area contributed by atoms with Gasteiger partial charge in [-0.1, -0.05) is 0 Å². The predicted octanol–water partition coefficient (Wildman–Crippen LogP) is 2.52. The Bertz CT molecular complexity index is 679. The van der Waals surface area contributed by atoms with Gasteiger partial charge in [0, 0.05) is 13.0 Å². The third-order valence-corrected chi connectivity index (χ3v) is 3.59. The summed E-state index contributed by atoms with van der Waals surface area (Å²) in [7, 11) is 0. The average Bonchev–Trinajstić information content (AvgIpc) is 3.05. The van der Waals surface area contributed by atoms with Gasteiger partial charge in [0.1, 0.15) is 0 Å². The molecule has 3 rings (SSSR count). The third-order valence-electron chi connectivity index (χ3n) is 3.59. The van der Waals surface area contributed by atoms with Crippen LogP contribution in [0.25, 0.3) is 5.69 Å². The second-order valence-corrected chi connectivity index (χ2v) is 5.37. The lowest BCUT2D eigenvalue weighted by Crippen LogP contribution is -2.26. The highest BCUT2D eigenvalue weighted by Crippen LogP contribution is 2.30. The smallest absolute Gasteiger partial charge is 0.290 e. The SMILES string of the molecule is FC1(F)CCN(Cc2nnnn2-c2ccc(C(F)(F)F)cc2)C1. The lowest BCUT2D eigenvalue weighted by molar-refractivity contribution is -0.137. The summed E-state index contributed by atoms with van der Waals surface area (Å²) in [5.41, 5.74) is -0.445. The number of benzene rings is 1. The zero-order valence-corrected chi connectivity index (χ0v) is 11.8. The molecule has 0 bridgehead atoms. The van der Waals surface area contributed by atoms with Crippen LogP contribution in [0.2, 0.25) is 0 Å². The van der Waals surface area contributed by atoms with Crippen molar-refractivity contribution in [2.24, 2.45) is 0 Å². The molecule has 0 unspecified atom stereocenters. The van der Waals surface area contributed by atoms with E-state index in [2.05, 4.69) is 15.5 Å². The Hall–Kier alpha value is -2.10. The molecule has 0 spiro atoms. The number of hydrogen-bond acceptors (Lipinski definition) is 4. The Morgan fingerprint density at radius 2 is 1.83 bits per heavy atom. The van der Waals surface area contributed by atoms with Crippen LogP contribution in [0.15, 0.2) is 24.3 Å². The van der Waals surface area contributed by atoms with Crippen molar-refractivity contribution in [1.29, 1.82) is 0 Å². The van der Waals surface area contributed by atoms with Crippen molar-refractivity contribution in [2.75, 3.05) is 13.1 Å². The van der Waals surface area contributed by atoms with E-state index in [9.17, 15) is 22.0 Å². The highest BCUT2D eigenvalue weighted by Gasteiger charge is 2.38. The van der Waals surface area contributed by atoms with Gasteiger partial charge in [0.25, 0.3) is 5.92 Å². The molecule has 1 fully saturated rings. The molecule has 1 aromatic carbocycles. The molecule has 0 saturated carbocycles. The molecule has 0 aliphatic carbocycles. The van der Waals surface area contributed by atoms with Crippen LogP contribution in [0.3, 0.4) is 0 Å². The van der Waals surface area contributed by atoms with Crippen LogP contribution < -0.4 is 0 Å². The maximum Gasteiger partial charge on any atom is 0.416 e. The number of alkyl halides is 5. The number of tetrazole rings is 1. The number of halogens is 5. The van der Waals surface area contributed by atoms with Crippen LogP contribution in [-0.2, 0) is 12.7 Å². The van der Waals surface area contributed by atoms with E-state index in [1.165, 1.54) is 21.7 Å². The number of likely N-dealkylation sites (tertiary alicyclic amines) is 1. The topological polar surface area (TPSA) is 46.8 Å². The van der Waals surface area contributed by atoms with E-state index in [1.807, 2.05) is 0 Å². The van der Waals surface area contributed by atoms with Crippen molar-refractivity contribution in [1.82, 2.24) is 25.1 Å². The molecule has 0 amide bonds. The van der Waals surface area contributed by atoms with Crippen molar-refractivity contribution in [3.05, 3.63) is 35.7 Å². The van der Waals surface area contributed by atoms with E-state index in [0.29, 0.717) is 11.5 Å². The predicted molar refractivity (Wildman–Crippen MR) is 69.0 cm³/mol. The molecule has 0 radical (unpaired) electrons. The lowest BCUT2D eigenvalue weighted by Gasteiger charge is -2.15. The van der Waals surface area contributed by atoms with Crippen molar-refractivity contribution < 1.29 is 22.0 Å². The third kappa shape index (κ3) is 3.46. The number of aromatic nitrogens is 4. The van der Waals surface area contributed by atoms with Gasteiger partial charge in [-0.2, -0.15) is 17.9 Å². The van der Waals surface area contributed by atoms with E-state index in [-0.39, 0.29) is 26.1 Å². The highest BCUT2D eigenvalue weighted by atomic mass is 19.4. The molecule has 2 heterocycles. The summed E-state index contributed by atoms with van der Waals surface area (Å²) in [6.45, 7) is -0.0661. The zero-order valence-electron chi connectivity index (χ0n) is 11.8. The van der Waals surface area contributed by atoms with Crippen molar-refractivity contribution in [3.63, 3.8) is 0 Å². The van der Waals surface area contributed by atoms with E-state index in [4.69, 9.17) is 0 Å². The molecule has 2 aromatic rings. The van der Waals surface area contributed by atoms with Crippen LogP contribution in [0.4, 0.5) is 22.0 Å². The van der Waals surface area contributed by atoms with Gasteiger partial charge in [-0.05, 0) is 34.7 Å². The monoisotopic (exact) mass is 333 g/mol. The zero-order chi connectivity index (χ0) is 16.7. The van der Waals surface area contributed by atoms with E-state index in [1.54, 1.807) is 0 Å². The molecule has 1 saturated heterocycles. The van der Waals surface area contributed by atoms with Crippen molar-refractivity contribution in [3.8, 4) is 5.69 Å². The first kappa shape index (κ1) is 15.8. The summed E-state index contributed by atoms with van der Waals surface area (Å²) in [5.74, 6) is -2.44. The van der Waals surface area contributed by atoms with E-state index in [0.717, 1.165) is 12.1 Å². The van der Waals surface area contributed by atoms with Gasteiger partial charge in [0.05, 0.1) is 24.3 Å². The Morgan fingerprint density at radius 1 is 1.13 bits per heavy atom. The molecule has 1 aliphatic heterocycles. The highest BCUT2D eigenvalue weighted by molar-refractivity contribution is 5.35. The van der Waals surface area contributed by atoms with Gasteiger partial charge in [-0.15, -0.1) is 5.10 Å². The number of hydrogen-bond donors (Lipinski definition) is 0. The second-order valence-electron chi connectivity index (χ2n) is 5.37. The molecule has 23 heavy (non-hydrogen) atoms. The van der Waals surface area contributed by atoms with Crippen molar-refractivity contribution in [2.45, 2.75) is 25.1 Å². The van der Waals surface area contributed by atoms with Gasteiger partial charge < -0.3 is 0 Å². The fraction of sp³-hybridized carbons (Fsp3) is 0.462. The molecule has 1 aromatic heterocycles. The molecule has 5 nitrogen and oxygen atoms in total. The molecular formula is C13H12F5N5. The number of nitrogens with zero attached hydrogens (tertiary/aromatic N) is 5. The maximum absolute atomic E-state index is 13.2. The number of rotatable bonds is 3. The standard InChI is InChI=1S/C13H12F5N5/c14-12(15)5-6-22(8-12)7-11-19-20-21-23(11)10-3-1-9(2-4-10)13(16,17)18/h1-4H,5-8H2. The first-order valence-electron chi connectivity index (χ1n) is 6.80. The lowest BCUT2D eigenvalue weighted by atomic mass is 10.2. The van der Waals surface area contributed by atoms with Gasteiger partial charge in [0.15, 0.2) is 5.82 Å². The minimum Gasteiger partial charge on any atom is -0.290 e. The molecule has 0 atom stereocenters. The van der Waals surface area contributed by atoms with Crippen molar-refractivity contribution >= 4 is 0 Å². The molecule has 124 valence electrons. The van der Waals surface area contributed by atoms with Gasteiger partial charge in [-0.3, -0.25) is 4.90 Å². The van der Waals surface area contributed by atoms with Gasteiger partial charge in [0.2, 0.25) is 0 Å². The Kier molecular flexibility index (Phi) is 3.78. The second kappa shape index (κ2) is 5.52. The Balaban J connectivity index is 1.78.